The highest BCUT2D eigenvalue weighted by Crippen LogP contribution is 2.63. The zero-order valence-electron chi connectivity index (χ0n) is 17.3. The van der Waals surface area contributed by atoms with Gasteiger partial charge >= 0.3 is 0 Å². The lowest BCUT2D eigenvalue weighted by atomic mass is 9.66. The summed E-state index contributed by atoms with van der Waals surface area (Å²) >= 11 is 0. The van der Waals surface area contributed by atoms with Crippen LogP contribution in [0.2, 0.25) is 0 Å². The molecule has 3 amide bonds. The lowest BCUT2D eigenvalue weighted by Crippen LogP contribution is -2.56. The van der Waals surface area contributed by atoms with Crippen molar-refractivity contribution in [1.29, 1.82) is 0 Å². The standard InChI is InChI=1S/C20H33N3O5/c1-5-7-12(2)22-17(26)15-20-9-8-19(3,28-20)13(16(25)21-4)14(20)18(27)23(15)10-6-11-24/h12-15,24H,5-11H2,1-4H3,(H,21,25)(H,22,26)/t12?,13-,14+,15?,19+,20?/m1/s1. The molecule has 3 N–H and O–H groups in total. The Labute approximate surface area is 166 Å². The number of carbonyl (C=O) groups is 3. The van der Waals surface area contributed by atoms with E-state index in [9.17, 15) is 19.5 Å². The molecule has 0 aliphatic carbocycles. The second-order valence-electron chi connectivity index (χ2n) is 8.65. The van der Waals surface area contributed by atoms with Crippen molar-refractivity contribution in [2.75, 3.05) is 20.2 Å². The Morgan fingerprint density at radius 1 is 1.36 bits per heavy atom. The quantitative estimate of drug-likeness (QED) is 0.544. The summed E-state index contributed by atoms with van der Waals surface area (Å²) in [6.07, 6.45) is 3.38. The van der Waals surface area contributed by atoms with Gasteiger partial charge in [-0.1, -0.05) is 13.3 Å². The van der Waals surface area contributed by atoms with Gasteiger partial charge in [-0.2, -0.15) is 0 Å². The molecule has 8 nitrogen and oxygen atoms in total. The third-order valence-corrected chi connectivity index (χ3v) is 6.72. The minimum absolute atomic E-state index is 0.00771. The van der Waals surface area contributed by atoms with Crippen LogP contribution in [0.25, 0.3) is 0 Å². The number of fused-ring (bicyclic) bond motifs is 1. The Balaban J connectivity index is 1.98. The fraction of sp³-hybridized carbons (Fsp3) is 0.850. The van der Waals surface area contributed by atoms with Crippen molar-refractivity contribution in [3.8, 4) is 0 Å². The molecule has 3 aliphatic rings. The van der Waals surface area contributed by atoms with Crippen LogP contribution >= 0.6 is 0 Å². The minimum Gasteiger partial charge on any atom is -0.396 e. The van der Waals surface area contributed by atoms with Crippen LogP contribution in [0, 0.1) is 11.8 Å². The molecule has 158 valence electrons. The maximum atomic E-state index is 13.4. The van der Waals surface area contributed by atoms with Gasteiger partial charge in [0.2, 0.25) is 17.7 Å². The van der Waals surface area contributed by atoms with Gasteiger partial charge in [-0.15, -0.1) is 0 Å². The lowest BCUT2D eigenvalue weighted by Gasteiger charge is -2.34. The van der Waals surface area contributed by atoms with E-state index in [1.54, 1.807) is 7.05 Å². The Morgan fingerprint density at radius 2 is 2.07 bits per heavy atom. The average molecular weight is 396 g/mol. The number of carbonyl (C=O) groups excluding carboxylic acids is 3. The molecule has 8 heteroatoms. The number of amides is 3. The first-order valence-electron chi connectivity index (χ1n) is 10.4. The molecule has 2 bridgehead atoms. The molecular weight excluding hydrogens is 362 g/mol. The number of hydrogen-bond acceptors (Lipinski definition) is 5. The normalized spacial score (nSPS) is 37.1. The Bertz CT molecular complexity index is 656. The molecule has 3 unspecified atom stereocenters. The molecule has 3 aliphatic heterocycles. The summed E-state index contributed by atoms with van der Waals surface area (Å²) < 4.78 is 6.42. The highest BCUT2D eigenvalue weighted by Gasteiger charge is 2.77. The van der Waals surface area contributed by atoms with E-state index in [2.05, 4.69) is 17.6 Å². The summed E-state index contributed by atoms with van der Waals surface area (Å²) in [5.74, 6) is -1.93. The first-order chi connectivity index (χ1) is 13.3. The second kappa shape index (κ2) is 7.63. The summed E-state index contributed by atoms with van der Waals surface area (Å²) in [7, 11) is 1.56. The van der Waals surface area contributed by atoms with E-state index in [-0.39, 0.29) is 36.9 Å². The van der Waals surface area contributed by atoms with E-state index >= 15 is 0 Å². The van der Waals surface area contributed by atoms with Gasteiger partial charge < -0.3 is 25.4 Å². The summed E-state index contributed by atoms with van der Waals surface area (Å²) in [6.45, 7) is 6.08. The van der Waals surface area contributed by atoms with Crippen LogP contribution in [-0.2, 0) is 19.1 Å². The third-order valence-electron chi connectivity index (χ3n) is 6.72. The molecule has 0 aromatic heterocycles. The summed E-state index contributed by atoms with van der Waals surface area (Å²) in [5, 5.41) is 15.0. The Hall–Kier alpha value is -1.67. The number of ether oxygens (including phenoxy) is 1. The number of aliphatic hydroxyl groups is 1. The maximum Gasteiger partial charge on any atom is 0.246 e. The van der Waals surface area contributed by atoms with E-state index in [0.29, 0.717) is 19.3 Å². The van der Waals surface area contributed by atoms with E-state index in [4.69, 9.17) is 4.74 Å². The van der Waals surface area contributed by atoms with Gasteiger partial charge in [0.05, 0.1) is 17.4 Å². The van der Waals surface area contributed by atoms with Crippen LogP contribution < -0.4 is 10.6 Å². The largest absolute Gasteiger partial charge is 0.396 e. The molecule has 28 heavy (non-hydrogen) atoms. The smallest absolute Gasteiger partial charge is 0.246 e. The van der Waals surface area contributed by atoms with E-state index in [1.165, 1.54) is 4.90 Å². The molecule has 3 heterocycles. The molecule has 6 atom stereocenters. The first-order valence-corrected chi connectivity index (χ1v) is 10.4. The third kappa shape index (κ3) is 3.01. The van der Waals surface area contributed by atoms with Crippen LogP contribution in [0.3, 0.4) is 0 Å². The summed E-state index contributed by atoms with van der Waals surface area (Å²) in [6, 6.07) is -0.779. The van der Waals surface area contributed by atoms with Crippen molar-refractivity contribution in [1.82, 2.24) is 15.5 Å². The molecule has 3 rings (SSSR count). The first kappa shape index (κ1) is 21.0. The van der Waals surface area contributed by atoms with Crippen molar-refractivity contribution in [2.45, 2.75) is 76.2 Å². The van der Waals surface area contributed by atoms with Crippen molar-refractivity contribution in [2.24, 2.45) is 11.8 Å². The number of rotatable bonds is 8. The van der Waals surface area contributed by atoms with Gasteiger partial charge in [-0.25, -0.2) is 0 Å². The summed E-state index contributed by atoms with van der Waals surface area (Å²) in [4.78, 5) is 40.8. The number of nitrogens with zero attached hydrogens (tertiary/aromatic N) is 1. The minimum atomic E-state index is -0.978. The second-order valence-corrected chi connectivity index (χ2v) is 8.65. The molecule has 3 saturated heterocycles. The van der Waals surface area contributed by atoms with Gasteiger partial charge in [0.1, 0.15) is 11.6 Å². The van der Waals surface area contributed by atoms with Crippen LogP contribution in [0.15, 0.2) is 0 Å². The summed E-state index contributed by atoms with van der Waals surface area (Å²) in [5.41, 5.74) is -1.72. The van der Waals surface area contributed by atoms with Gasteiger partial charge in [-0.3, -0.25) is 14.4 Å². The molecule has 0 radical (unpaired) electrons. The fourth-order valence-electron chi connectivity index (χ4n) is 5.59. The highest BCUT2D eigenvalue weighted by atomic mass is 16.5. The number of aliphatic hydroxyl groups excluding tert-OH is 1. The van der Waals surface area contributed by atoms with E-state index in [1.807, 2.05) is 13.8 Å². The fourth-order valence-corrected chi connectivity index (χ4v) is 5.59. The van der Waals surface area contributed by atoms with Crippen LogP contribution in [0.4, 0.5) is 0 Å². The number of hydrogen-bond donors (Lipinski definition) is 3. The molecule has 0 saturated carbocycles. The topological polar surface area (TPSA) is 108 Å². The molecule has 1 spiro atoms. The van der Waals surface area contributed by atoms with Crippen LogP contribution in [-0.4, -0.2) is 71.2 Å². The van der Waals surface area contributed by atoms with Gasteiger partial charge in [0.25, 0.3) is 0 Å². The number of nitrogens with one attached hydrogen (secondary N) is 2. The van der Waals surface area contributed by atoms with Gasteiger partial charge in [0, 0.05) is 26.2 Å². The molecule has 0 aromatic carbocycles. The monoisotopic (exact) mass is 395 g/mol. The van der Waals surface area contributed by atoms with E-state index in [0.717, 1.165) is 12.8 Å². The Kier molecular flexibility index (Phi) is 5.74. The Morgan fingerprint density at radius 3 is 2.68 bits per heavy atom. The zero-order chi connectivity index (χ0) is 20.7. The zero-order valence-corrected chi connectivity index (χ0v) is 17.3. The lowest BCUT2D eigenvalue weighted by molar-refractivity contribution is -0.146. The SMILES string of the molecule is CCCC(C)NC(=O)C1N(CCCO)C(=O)[C@@H]2[C@H](C(=O)NC)[C@]3(C)CCC12O3. The molecular formula is C20H33N3O5. The van der Waals surface area contributed by atoms with Gasteiger partial charge in [-0.05, 0) is 39.5 Å². The molecule has 3 fully saturated rings. The van der Waals surface area contributed by atoms with E-state index < -0.39 is 29.1 Å². The van der Waals surface area contributed by atoms with Crippen LogP contribution in [0.5, 0.6) is 0 Å². The van der Waals surface area contributed by atoms with Crippen molar-refractivity contribution in [3.63, 3.8) is 0 Å². The van der Waals surface area contributed by atoms with Crippen molar-refractivity contribution in [3.05, 3.63) is 0 Å². The van der Waals surface area contributed by atoms with Crippen molar-refractivity contribution < 1.29 is 24.2 Å². The molecule has 0 aromatic rings. The number of likely N-dealkylation sites (tertiary alicyclic amines) is 1. The average Bonchev–Trinajstić information content (AvgIpc) is 3.20. The predicted octanol–water partition coefficient (Wildman–Crippen LogP) is 0.184. The van der Waals surface area contributed by atoms with Crippen molar-refractivity contribution >= 4 is 17.7 Å². The predicted molar refractivity (Wildman–Crippen MR) is 102 cm³/mol. The maximum absolute atomic E-state index is 13.4. The van der Waals surface area contributed by atoms with Gasteiger partial charge in [0.15, 0.2) is 0 Å². The van der Waals surface area contributed by atoms with Crippen LogP contribution in [0.1, 0.15) is 52.9 Å². The highest BCUT2D eigenvalue weighted by molar-refractivity contribution is 5.99.